The van der Waals surface area contributed by atoms with Gasteiger partial charge in [-0.15, -0.1) is 11.3 Å². The average Bonchev–Trinajstić information content (AvgIpc) is 3.14. The third-order valence-electron chi connectivity index (χ3n) is 3.40. The number of ketones is 1. The highest BCUT2D eigenvalue weighted by atomic mass is 32.1. The second-order valence-electron chi connectivity index (χ2n) is 5.32. The summed E-state index contributed by atoms with van der Waals surface area (Å²) in [7, 11) is 0. The summed E-state index contributed by atoms with van der Waals surface area (Å²) in [5, 5.41) is 7.63. The molecule has 0 unspecified atom stereocenters. The lowest BCUT2D eigenvalue weighted by molar-refractivity contribution is 0.101. The Balaban J connectivity index is 1.79. The van der Waals surface area contributed by atoms with Crippen LogP contribution >= 0.6 is 11.3 Å². The highest BCUT2D eigenvalue weighted by Gasteiger charge is 2.22. The van der Waals surface area contributed by atoms with Crippen molar-refractivity contribution in [3.63, 3.8) is 0 Å². The van der Waals surface area contributed by atoms with Crippen molar-refractivity contribution < 1.29 is 14.0 Å². The van der Waals surface area contributed by atoms with Gasteiger partial charge < -0.3 is 10.6 Å². The summed E-state index contributed by atoms with van der Waals surface area (Å²) in [6, 6.07) is 6.15. The average molecular weight is 318 g/mol. The molecule has 114 valence electrons. The topological polar surface area (TPSA) is 58.2 Å². The SMILES string of the molecule is CC(=O)c1csc(C(=O)Nc2ccc(F)cc2NC2CC2)c1. The molecule has 2 aromatic rings. The Bertz CT molecular complexity index is 737. The molecule has 1 aliphatic carbocycles. The molecule has 2 N–H and O–H groups in total. The zero-order chi connectivity index (χ0) is 15.7. The predicted molar refractivity (Wildman–Crippen MR) is 85.3 cm³/mol. The summed E-state index contributed by atoms with van der Waals surface area (Å²) < 4.78 is 13.4. The number of carbonyl (C=O) groups excluding carboxylic acids is 2. The second kappa shape index (κ2) is 5.88. The first-order valence-electron chi connectivity index (χ1n) is 7.00. The van der Waals surface area contributed by atoms with Crippen molar-refractivity contribution in [3.8, 4) is 0 Å². The first-order valence-corrected chi connectivity index (χ1v) is 7.88. The number of thiophene rings is 1. The Morgan fingerprint density at radius 2 is 2.00 bits per heavy atom. The molecule has 0 aliphatic heterocycles. The van der Waals surface area contributed by atoms with Gasteiger partial charge in [0.2, 0.25) is 0 Å². The zero-order valence-electron chi connectivity index (χ0n) is 12.0. The smallest absolute Gasteiger partial charge is 0.265 e. The maximum Gasteiger partial charge on any atom is 0.265 e. The van der Waals surface area contributed by atoms with E-state index in [4.69, 9.17) is 0 Å². The van der Waals surface area contributed by atoms with Crippen molar-refractivity contribution in [3.05, 3.63) is 45.9 Å². The maximum absolute atomic E-state index is 13.4. The van der Waals surface area contributed by atoms with Crippen LogP contribution in [0.25, 0.3) is 0 Å². The zero-order valence-corrected chi connectivity index (χ0v) is 12.8. The Labute approximate surface area is 131 Å². The van der Waals surface area contributed by atoms with Crippen LogP contribution in [0.1, 0.15) is 39.8 Å². The molecule has 1 amide bonds. The Kier molecular flexibility index (Phi) is 3.94. The van der Waals surface area contributed by atoms with Crippen LogP contribution in [0.2, 0.25) is 0 Å². The van der Waals surface area contributed by atoms with Crippen LogP contribution in [0.3, 0.4) is 0 Å². The van der Waals surface area contributed by atoms with E-state index in [1.807, 2.05) is 0 Å². The van der Waals surface area contributed by atoms with Gasteiger partial charge >= 0.3 is 0 Å². The summed E-state index contributed by atoms with van der Waals surface area (Å²) in [6.07, 6.45) is 2.10. The fourth-order valence-electron chi connectivity index (χ4n) is 2.02. The van der Waals surface area contributed by atoms with Gasteiger partial charge in [-0.2, -0.15) is 0 Å². The highest BCUT2D eigenvalue weighted by Crippen LogP contribution is 2.30. The number of anilines is 2. The van der Waals surface area contributed by atoms with E-state index in [1.165, 1.54) is 36.5 Å². The highest BCUT2D eigenvalue weighted by molar-refractivity contribution is 7.12. The number of amides is 1. The van der Waals surface area contributed by atoms with Gasteiger partial charge in [-0.1, -0.05) is 0 Å². The van der Waals surface area contributed by atoms with E-state index in [9.17, 15) is 14.0 Å². The van der Waals surface area contributed by atoms with Crippen molar-refractivity contribution in [2.75, 3.05) is 10.6 Å². The monoisotopic (exact) mass is 318 g/mol. The number of nitrogens with one attached hydrogen (secondary N) is 2. The van der Waals surface area contributed by atoms with E-state index in [1.54, 1.807) is 11.4 Å². The van der Waals surface area contributed by atoms with Gasteiger partial charge in [-0.25, -0.2) is 4.39 Å². The van der Waals surface area contributed by atoms with Crippen molar-refractivity contribution >= 4 is 34.4 Å². The fourth-order valence-corrected chi connectivity index (χ4v) is 2.86. The fraction of sp³-hybridized carbons (Fsp3) is 0.250. The Morgan fingerprint density at radius 1 is 1.23 bits per heavy atom. The summed E-state index contributed by atoms with van der Waals surface area (Å²) >= 11 is 1.21. The first-order chi connectivity index (χ1) is 10.5. The van der Waals surface area contributed by atoms with Crippen LogP contribution in [-0.4, -0.2) is 17.7 Å². The number of Topliss-reactive ketones (excluding diaryl/α,β-unsaturated/α-hetero) is 1. The lowest BCUT2D eigenvalue weighted by Gasteiger charge is -2.12. The van der Waals surface area contributed by atoms with Crippen molar-refractivity contribution in [1.82, 2.24) is 0 Å². The van der Waals surface area contributed by atoms with Crippen molar-refractivity contribution in [2.45, 2.75) is 25.8 Å². The lowest BCUT2D eigenvalue weighted by Crippen LogP contribution is -2.13. The molecular formula is C16H15FN2O2S. The third-order valence-corrected chi connectivity index (χ3v) is 4.33. The van der Waals surface area contributed by atoms with E-state index in [2.05, 4.69) is 10.6 Å². The molecule has 1 aliphatic rings. The molecule has 0 radical (unpaired) electrons. The van der Waals surface area contributed by atoms with E-state index in [0.29, 0.717) is 27.9 Å². The summed E-state index contributed by atoms with van der Waals surface area (Å²) in [6.45, 7) is 1.46. The molecule has 1 aromatic carbocycles. The molecule has 1 aromatic heterocycles. The van der Waals surface area contributed by atoms with Gasteiger partial charge in [0, 0.05) is 17.0 Å². The number of halogens is 1. The second-order valence-corrected chi connectivity index (χ2v) is 6.23. The van der Waals surface area contributed by atoms with Crippen LogP contribution in [0.5, 0.6) is 0 Å². The number of hydrogen-bond acceptors (Lipinski definition) is 4. The molecule has 4 nitrogen and oxygen atoms in total. The van der Waals surface area contributed by atoms with E-state index >= 15 is 0 Å². The minimum Gasteiger partial charge on any atom is -0.381 e. The van der Waals surface area contributed by atoms with Gasteiger partial charge in [0.1, 0.15) is 5.82 Å². The quantitative estimate of drug-likeness (QED) is 0.822. The molecule has 0 atom stereocenters. The van der Waals surface area contributed by atoms with Crippen LogP contribution in [0.4, 0.5) is 15.8 Å². The molecule has 6 heteroatoms. The van der Waals surface area contributed by atoms with Gasteiger partial charge in [0.15, 0.2) is 5.78 Å². The normalized spacial score (nSPS) is 13.7. The van der Waals surface area contributed by atoms with Crippen LogP contribution < -0.4 is 10.6 Å². The summed E-state index contributed by atoms with van der Waals surface area (Å²) in [5.74, 6) is -0.729. The largest absolute Gasteiger partial charge is 0.381 e. The van der Waals surface area contributed by atoms with Gasteiger partial charge in [-0.05, 0) is 44.0 Å². The molecule has 0 bridgehead atoms. The maximum atomic E-state index is 13.4. The molecule has 1 saturated carbocycles. The van der Waals surface area contributed by atoms with Crippen LogP contribution in [0, 0.1) is 5.82 Å². The standard InChI is InChI=1S/C16H15FN2O2S/c1-9(20)10-6-15(22-8-10)16(21)19-13-5-2-11(17)7-14(13)18-12-3-4-12/h2,5-8,12,18H,3-4H2,1H3,(H,19,21). The molecule has 0 spiro atoms. The number of carbonyl (C=O) groups is 2. The minimum absolute atomic E-state index is 0.0758. The summed E-state index contributed by atoms with van der Waals surface area (Å²) in [4.78, 5) is 24.0. The minimum atomic E-state index is -0.351. The van der Waals surface area contributed by atoms with E-state index in [-0.39, 0.29) is 17.5 Å². The predicted octanol–water partition coefficient (Wildman–Crippen LogP) is 3.92. The third kappa shape index (κ3) is 3.33. The van der Waals surface area contributed by atoms with Crippen LogP contribution in [0.15, 0.2) is 29.6 Å². The van der Waals surface area contributed by atoms with Crippen molar-refractivity contribution in [1.29, 1.82) is 0 Å². The molecule has 22 heavy (non-hydrogen) atoms. The first kappa shape index (κ1) is 14.7. The number of rotatable bonds is 5. The lowest BCUT2D eigenvalue weighted by atomic mass is 10.2. The summed E-state index contributed by atoms with van der Waals surface area (Å²) in [5.41, 5.74) is 1.64. The molecule has 3 rings (SSSR count). The Morgan fingerprint density at radius 3 is 2.64 bits per heavy atom. The van der Waals surface area contributed by atoms with E-state index in [0.717, 1.165) is 12.8 Å². The van der Waals surface area contributed by atoms with Gasteiger partial charge in [0.25, 0.3) is 5.91 Å². The number of hydrogen-bond donors (Lipinski definition) is 2. The Hall–Kier alpha value is -2.21. The molecule has 1 heterocycles. The van der Waals surface area contributed by atoms with Crippen LogP contribution in [-0.2, 0) is 0 Å². The van der Waals surface area contributed by atoms with Gasteiger partial charge in [0.05, 0.1) is 16.3 Å². The number of benzene rings is 1. The molecule has 1 fully saturated rings. The molecule has 0 saturated heterocycles. The van der Waals surface area contributed by atoms with Gasteiger partial charge in [-0.3, -0.25) is 9.59 Å². The van der Waals surface area contributed by atoms with Crippen molar-refractivity contribution in [2.24, 2.45) is 0 Å². The molecular weight excluding hydrogens is 303 g/mol. The van der Waals surface area contributed by atoms with E-state index < -0.39 is 0 Å².